The Morgan fingerprint density at radius 2 is 1.12 bits per heavy atom. The Morgan fingerprint density at radius 1 is 1.12 bits per heavy atom. The van der Waals surface area contributed by atoms with Gasteiger partial charge in [-0.2, -0.15) is 0 Å². The summed E-state index contributed by atoms with van der Waals surface area (Å²) >= 11 is 0. The maximum absolute atomic E-state index is 7.57. The van der Waals surface area contributed by atoms with Crippen molar-refractivity contribution >= 4 is 8.07 Å². The van der Waals surface area contributed by atoms with Gasteiger partial charge in [0.2, 0.25) is 0 Å². The Hall–Kier alpha value is 0.177. The Kier molecular flexibility index (Phi) is 7.34. The Balaban J connectivity index is 0. The molecule has 0 rings (SSSR count). The second-order valence-corrected chi connectivity index (χ2v) is 9.32. The summed E-state index contributed by atoms with van der Waals surface area (Å²) in [6.07, 6.45) is 0. The molecular formula is C6H18OSi. The van der Waals surface area contributed by atoms with Gasteiger partial charge in [0, 0.05) is 14.7 Å². The van der Waals surface area contributed by atoms with Crippen molar-refractivity contribution in [3.63, 3.8) is 0 Å². The van der Waals surface area contributed by atoms with Crippen LogP contribution >= 0.6 is 0 Å². The number of aliphatic hydroxyl groups excluding tert-OH is 1. The van der Waals surface area contributed by atoms with Crippen molar-refractivity contribution in [2.75, 3.05) is 6.61 Å². The van der Waals surface area contributed by atoms with Crippen LogP contribution in [0.25, 0.3) is 0 Å². The largest absolute Gasteiger partial charge is 0.397 e. The molecule has 0 atom stereocenters. The van der Waals surface area contributed by atoms with Gasteiger partial charge < -0.3 is 5.11 Å². The number of rotatable bonds is 0. The minimum Gasteiger partial charge on any atom is -0.397 e. The first-order valence-corrected chi connectivity index (χ1v) is 7.02. The predicted molar refractivity (Wildman–Crippen MR) is 42.0 cm³/mol. The van der Waals surface area contributed by atoms with Crippen molar-refractivity contribution < 1.29 is 5.11 Å². The van der Waals surface area contributed by atoms with Gasteiger partial charge in [-0.05, 0) is 6.92 Å². The maximum Gasteiger partial charge on any atom is 0.0411 e. The van der Waals surface area contributed by atoms with Crippen molar-refractivity contribution in [1.29, 1.82) is 0 Å². The second kappa shape index (κ2) is 5.32. The van der Waals surface area contributed by atoms with Crippen LogP contribution in [0.2, 0.25) is 26.2 Å². The third-order valence-electron chi connectivity index (χ3n) is 0. The highest BCUT2D eigenvalue weighted by Gasteiger charge is 1.99. The fourth-order valence-corrected chi connectivity index (χ4v) is 0. The quantitative estimate of drug-likeness (QED) is 0.502. The van der Waals surface area contributed by atoms with Gasteiger partial charge in [-0.25, -0.2) is 0 Å². The number of hydrogen-bond donors (Lipinski definition) is 1. The first kappa shape index (κ1) is 11.0. The fourth-order valence-electron chi connectivity index (χ4n) is 0. The molecule has 8 heavy (non-hydrogen) atoms. The number of aliphatic hydroxyl groups is 1. The summed E-state index contributed by atoms with van der Waals surface area (Å²) in [5.74, 6) is 0. The molecule has 0 unspecified atom stereocenters. The van der Waals surface area contributed by atoms with Crippen molar-refractivity contribution in [3.8, 4) is 0 Å². The van der Waals surface area contributed by atoms with E-state index in [1.807, 2.05) is 0 Å². The van der Waals surface area contributed by atoms with E-state index in [9.17, 15) is 0 Å². The summed E-state index contributed by atoms with van der Waals surface area (Å²) in [5.41, 5.74) is 0. The summed E-state index contributed by atoms with van der Waals surface area (Å²) in [7, 11) is -0.611. The molecule has 0 saturated heterocycles. The summed E-state index contributed by atoms with van der Waals surface area (Å²) < 4.78 is 0. The van der Waals surface area contributed by atoms with E-state index < -0.39 is 8.07 Å². The Bertz CT molecular complexity index is 32.3. The van der Waals surface area contributed by atoms with Gasteiger partial charge in [-0.15, -0.1) is 0 Å². The van der Waals surface area contributed by atoms with Crippen molar-refractivity contribution in [1.82, 2.24) is 0 Å². The van der Waals surface area contributed by atoms with Crippen LogP contribution in [0, 0.1) is 0 Å². The van der Waals surface area contributed by atoms with Crippen LogP contribution in [0.4, 0.5) is 0 Å². The lowest BCUT2D eigenvalue weighted by Gasteiger charge is -2.01. The Labute approximate surface area is 53.7 Å². The van der Waals surface area contributed by atoms with E-state index in [0.29, 0.717) is 0 Å². The van der Waals surface area contributed by atoms with Crippen LogP contribution in [0.3, 0.4) is 0 Å². The Morgan fingerprint density at radius 3 is 1.12 bits per heavy atom. The third kappa shape index (κ3) is 5290. The molecule has 0 aromatic carbocycles. The molecule has 2 heteroatoms. The monoisotopic (exact) mass is 134 g/mol. The zero-order valence-electron chi connectivity index (χ0n) is 6.65. The first-order valence-electron chi connectivity index (χ1n) is 3.02. The molecule has 0 aliphatic heterocycles. The van der Waals surface area contributed by atoms with Gasteiger partial charge >= 0.3 is 0 Å². The van der Waals surface area contributed by atoms with Gasteiger partial charge in [-0.1, -0.05) is 26.2 Å². The highest BCUT2D eigenvalue weighted by atomic mass is 28.3. The van der Waals surface area contributed by atoms with Crippen LogP contribution in [0.15, 0.2) is 0 Å². The van der Waals surface area contributed by atoms with Gasteiger partial charge in [0.15, 0.2) is 0 Å². The molecular weight excluding hydrogens is 116 g/mol. The van der Waals surface area contributed by atoms with E-state index >= 15 is 0 Å². The van der Waals surface area contributed by atoms with E-state index in [-0.39, 0.29) is 6.61 Å². The molecule has 0 bridgehead atoms. The van der Waals surface area contributed by atoms with Crippen LogP contribution in [-0.4, -0.2) is 19.8 Å². The molecule has 0 heterocycles. The smallest absolute Gasteiger partial charge is 0.0411 e. The second-order valence-electron chi connectivity index (χ2n) is 3.32. The van der Waals surface area contributed by atoms with E-state index in [0.717, 1.165) is 0 Å². The van der Waals surface area contributed by atoms with E-state index in [1.54, 1.807) is 6.92 Å². The molecule has 52 valence electrons. The third-order valence-corrected chi connectivity index (χ3v) is 0. The summed E-state index contributed by atoms with van der Waals surface area (Å²) in [6.45, 7) is 11.2. The predicted octanol–water partition coefficient (Wildman–Crippen LogP) is 1.95. The summed E-state index contributed by atoms with van der Waals surface area (Å²) in [5, 5.41) is 7.57. The molecule has 0 amide bonds. The number of hydrogen-bond acceptors (Lipinski definition) is 1. The molecule has 0 saturated carbocycles. The van der Waals surface area contributed by atoms with Crippen molar-refractivity contribution in [2.45, 2.75) is 33.1 Å². The van der Waals surface area contributed by atoms with Crippen LogP contribution in [0.1, 0.15) is 6.92 Å². The molecule has 0 aromatic rings. The standard InChI is InChI=1S/C4H12Si.C2H6O/c1-5(2,3)4;1-2-3/h1-4H3;3H,2H2,1H3. The maximum atomic E-state index is 7.57. The molecule has 0 aliphatic rings. The molecule has 0 aromatic heterocycles. The van der Waals surface area contributed by atoms with Crippen molar-refractivity contribution in [2.24, 2.45) is 0 Å². The van der Waals surface area contributed by atoms with Gasteiger partial charge in [0.25, 0.3) is 0 Å². The highest BCUT2D eigenvalue weighted by Crippen LogP contribution is 1.94. The average Bonchev–Trinajstić information content (AvgIpc) is 1.27. The van der Waals surface area contributed by atoms with Gasteiger partial charge in [-0.3, -0.25) is 0 Å². The van der Waals surface area contributed by atoms with Crippen LogP contribution < -0.4 is 0 Å². The lowest BCUT2D eigenvalue weighted by Crippen LogP contribution is -2.10. The normalized spacial score (nSPS) is 9.75. The first-order chi connectivity index (χ1) is 3.41. The van der Waals surface area contributed by atoms with Crippen molar-refractivity contribution in [3.05, 3.63) is 0 Å². The molecule has 1 nitrogen and oxygen atoms in total. The summed E-state index contributed by atoms with van der Waals surface area (Å²) in [4.78, 5) is 0. The molecule has 0 radical (unpaired) electrons. The van der Waals surface area contributed by atoms with E-state index in [1.165, 1.54) is 0 Å². The minimum absolute atomic E-state index is 0.250. The zero-order valence-corrected chi connectivity index (χ0v) is 7.65. The fraction of sp³-hybridized carbons (Fsp3) is 1.00. The average molecular weight is 134 g/mol. The van der Waals surface area contributed by atoms with E-state index in [4.69, 9.17) is 5.11 Å². The minimum atomic E-state index is -0.611. The van der Waals surface area contributed by atoms with Crippen LogP contribution in [0.5, 0.6) is 0 Å². The molecule has 0 spiro atoms. The summed E-state index contributed by atoms with van der Waals surface area (Å²) in [6, 6.07) is 0. The molecule has 0 fully saturated rings. The SMILES string of the molecule is CCO.C[Si](C)(C)C. The van der Waals surface area contributed by atoms with E-state index in [2.05, 4.69) is 26.2 Å². The van der Waals surface area contributed by atoms with Gasteiger partial charge in [0.05, 0.1) is 0 Å². The lowest BCUT2D eigenvalue weighted by atomic mass is 10.9. The zero-order chi connectivity index (χ0) is 7.21. The topological polar surface area (TPSA) is 20.2 Å². The molecule has 1 N–H and O–H groups in total. The lowest BCUT2D eigenvalue weighted by molar-refractivity contribution is 0.318. The molecule has 0 aliphatic carbocycles. The van der Waals surface area contributed by atoms with Crippen LogP contribution in [-0.2, 0) is 0 Å². The van der Waals surface area contributed by atoms with Gasteiger partial charge in [0.1, 0.15) is 0 Å². The highest BCUT2D eigenvalue weighted by molar-refractivity contribution is 6.74.